The first-order valence-corrected chi connectivity index (χ1v) is 9.61. The van der Waals surface area contributed by atoms with E-state index < -0.39 is 17.5 Å². The molecule has 0 bridgehead atoms. The summed E-state index contributed by atoms with van der Waals surface area (Å²) in [5.74, 6) is 0.821. The Kier molecular flexibility index (Phi) is 6.37. The molecule has 3 rings (SSSR count). The molecule has 2 aromatic carbocycles. The summed E-state index contributed by atoms with van der Waals surface area (Å²) < 4.78 is 10.8. The van der Waals surface area contributed by atoms with Crippen LogP contribution in [0.15, 0.2) is 42.5 Å². The van der Waals surface area contributed by atoms with Gasteiger partial charge in [0, 0.05) is 18.7 Å². The zero-order valence-corrected chi connectivity index (χ0v) is 17.2. The molecule has 0 saturated carbocycles. The number of hydrogen-bond acceptors (Lipinski definition) is 6. The lowest BCUT2D eigenvalue weighted by molar-refractivity contribution is -0.124. The lowest BCUT2D eigenvalue weighted by atomic mass is 9.89. The lowest BCUT2D eigenvalue weighted by Gasteiger charge is -2.27. The van der Waals surface area contributed by atoms with Gasteiger partial charge in [0.1, 0.15) is 11.5 Å². The molecular formula is C22H25N3O5. The highest BCUT2D eigenvalue weighted by atomic mass is 16.5. The molecule has 1 aliphatic heterocycles. The number of methoxy groups -OCH3 is 1. The summed E-state index contributed by atoms with van der Waals surface area (Å²) in [4.78, 5) is 36.0. The zero-order valence-electron chi connectivity index (χ0n) is 17.2. The molecule has 1 saturated heterocycles. The predicted molar refractivity (Wildman–Crippen MR) is 111 cm³/mol. The Morgan fingerprint density at radius 2 is 1.80 bits per heavy atom. The molecule has 2 aromatic rings. The van der Waals surface area contributed by atoms with Crippen molar-refractivity contribution in [2.24, 2.45) is 0 Å². The Hall–Kier alpha value is -3.39. The van der Waals surface area contributed by atoms with Crippen LogP contribution in [0.2, 0.25) is 0 Å². The molecule has 1 fully saturated rings. The number of urea groups is 1. The van der Waals surface area contributed by atoms with Crippen LogP contribution in [-0.4, -0.2) is 38.0 Å². The van der Waals surface area contributed by atoms with Crippen LogP contribution >= 0.6 is 0 Å². The fraction of sp³-hybridized carbons (Fsp3) is 0.318. The van der Waals surface area contributed by atoms with E-state index in [1.807, 2.05) is 13.8 Å². The van der Waals surface area contributed by atoms with E-state index in [1.54, 1.807) is 42.5 Å². The first kappa shape index (κ1) is 21.3. The standard InChI is InChI=1S/C22H25N3O5/c1-14(2)30-18-8-5-17(6-9-18)22(20(27)24-21(28)25-22)13-23-11-15-4-7-19(29-3)10-16(15)12-26/h4-10,12,14,23H,11,13H2,1-3H3,(H2,24,25,27,28)/t22-/m0/s1. The van der Waals surface area contributed by atoms with E-state index in [2.05, 4.69) is 16.0 Å². The van der Waals surface area contributed by atoms with Gasteiger partial charge in [-0.05, 0) is 49.2 Å². The Labute approximate surface area is 174 Å². The van der Waals surface area contributed by atoms with Gasteiger partial charge in [-0.2, -0.15) is 0 Å². The van der Waals surface area contributed by atoms with Gasteiger partial charge in [-0.1, -0.05) is 18.2 Å². The van der Waals surface area contributed by atoms with Crippen molar-refractivity contribution in [3.8, 4) is 11.5 Å². The number of nitrogens with one attached hydrogen (secondary N) is 3. The van der Waals surface area contributed by atoms with Crippen LogP contribution in [0.3, 0.4) is 0 Å². The molecule has 1 atom stereocenters. The minimum absolute atomic E-state index is 0.0254. The lowest BCUT2D eigenvalue weighted by Crippen LogP contribution is -2.51. The molecular weight excluding hydrogens is 386 g/mol. The van der Waals surface area contributed by atoms with Crippen LogP contribution in [0, 0.1) is 0 Å². The minimum Gasteiger partial charge on any atom is -0.497 e. The average molecular weight is 411 g/mol. The normalized spacial score (nSPS) is 18.1. The summed E-state index contributed by atoms with van der Waals surface area (Å²) in [5, 5.41) is 8.23. The van der Waals surface area contributed by atoms with Crippen molar-refractivity contribution in [2.75, 3.05) is 13.7 Å². The van der Waals surface area contributed by atoms with Crippen molar-refractivity contribution in [1.82, 2.24) is 16.0 Å². The minimum atomic E-state index is -1.26. The van der Waals surface area contributed by atoms with E-state index >= 15 is 0 Å². The third kappa shape index (κ3) is 4.44. The summed E-state index contributed by atoms with van der Waals surface area (Å²) in [5.41, 5.74) is 0.610. The van der Waals surface area contributed by atoms with Crippen LogP contribution < -0.4 is 25.4 Å². The van der Waals surface area contributed by atoms with E-state index in [1.165, 1.54) is 7.11 Å². The molecule has 0 spiro atoms. The van der Waals surface area contributed by atoms with Crippen LogP contribution in [0.25, 0.3) is 0 Å². The molecule has 158 valence electrons. The number of amides is 3. The van der Waals surface area contributed by atoms with Gasteiger partial charge < -0.3 is 20.1 Å². The highest BCUT2D eigenvalue weighted by Gasteiger charge is 2.47. The number of carbonyl (C=O) groups excluding carboxylic acids is 3. The van der Waals surface area contributed by atoms with Gasteiger partial charge in [-0.15, -0.1) is 0 Å². The van der Waals surface area contributed by atoms with Gasteiger partial charge in [-0.3, -0.25) is 14.9 Å². The summed E-state index contributed by atoms with van der Waals surface area (Å²) in [6, 6.07) is 11.7. The summed E-state index contributed by atoms with van der Waals surface area (Å²) >= 11 is 0. The molecule has 3 N–H and O–H groups in total. The smallest absolute Gasteiger partial charge is 0.322 e. The van der Waals surface area contributed by atoms with E-state index in [0.717, 1.165) is 11.8 Å². The van der Waals surface area contributed by atoms with Crippen LogP contribution in [-0.2, 0) is 16.9 Å². The SMILES string of the molecule is COc1ccc(CNC[C@@]2(c3ccc(OC(C)C)cc3)NC(=O)NC2=O)c(C=O)c1. The first-order chi connectivity index (χ1) is 14.4. The average Bonchev–Trinajstić information content (AvgIpc) is 3.02. The number of ether oxygens (including phenoxy) is 2. The number of imide groups is 1. The second-order valence-electron chi connectivity index (χ2n) is 7.29. The second-order valence-corrected chi connectivity index (χ2v) is 7.29. The van der Waals surface area contributed by atoms with Gasteiger partial charge in [0.05, 0.1) is 13.2 Å². The number of rotatable bonds is 9. The third-order valence-electron chi connectivity index (χ3n) is 4.85. The fourth-order valence-electron chi connectivity index (χ4n) is 3.37. The van der Waals surface area contributed by atoms with E-state index in [9.17, 15) is 14.4 Å². The van der Waals surface area contributed by atoms with Crippen LogP contribution in [0.1, 0.15) is 35.3 Å². The zero-order chi connectivity index (χ0) is 21.7. The molecule has 0 aromatic heterocycles. The third-order valence-corrected chi connectivity index (χ3v) is 4.85. The Balaban J connectivity index is 1.79. The molecule has 1 aliphatic rings. The molecule has 30 heavy (non-hydrogen) atoms. The Morgan fingerprint density at radius 3 is 2.37 bits per heavy atom. The van der Waals surface area contributed by atoms with E-state index in [0.29, 0.717) is 29.2 Å². The monoisotopic (exact) mass is 411 g/mol. The van der Waals surface area contributed by atoms with E-state index in [-0.39, 0.29) is 12.6 Å². The molecule has 1 heterocycles. The van der Waals surface area contributed by atoms with Gasteiger partial charge >= 0.3 is 6.03 Å². The van der Waals surface area contributed by atoms with Crippen molar-refractivity contribution in [3.63, 3.8) is 0 Å². The fourth-order valence-corrected chi connectivity index (χ4v) is 3.37. The van der Waals surface area contributed by atoms with Gasteiger partial charge in [-0.25, -0.2) is 4.79 Å². The largest absolute Gasteiger partial charge is 0.497 e. The maximum atomic E-state index is 12.7. The molecule has 0 aliphatic carbocycles. The topological polar surface area (TPSA) is 106 Å². The maximum Gasteiger partial charge on any atom is 0.322 e. The summed E-state index contributed by atoms with van der Waals surface area (Å²) in [6.07, 6.45) is 0.782. The number of carbonyl (C=O) groups is 3. The van der Waals surface area contributed by atoms with Gasteiger partial charge in [0.25, 0.3) is 5.91 Å². The van der Waals surface area contributed by atoms with E-state index in [4.69, 9.17) is 9.47 Å². The number of hydrogen-bond donors (Lipinski definition) is 3. The molecule has 0 radical (unpaired) electrons. The highest BCUT2D eigenvalue weighted by molar-refractivity contribution is 6.07. The summed E-state index contributed by atoms with van der Waals surface area (Å²) in [7, 11) is 1.53. The number of aldehydes is 1. The van der Waals surface area contributed by atoms with Gasteiger partial charge in [0.2, 0.25) is 0 Å². The summed E-state index contributed by atoms with van der Waals surface area (Å²) in [6.45, 7) is 4.32. The molecule has 8 nitrogen and oxygen atoms in total. The molecule has 3 amide bonds. The van der Waals surface area contributed by atoms with Crippen molar-refractivity contribution >= 4 is 18.2 Å². The van der Waals surface area contributed by atoms with Gasteiger partial charge in [0.15, 0.2) is 11.8 Å². The van der Waals surface area contributed by atoms with Crippen LogP contribution in [0.4, 0.5) is 4.79 Å². The Bertz CT molecular complexity index is 942. The Morgan fingerprint density at radius 1 is 1.10 bits per heavy atom. The van der Waals surface area contributed by atoms with Crippen molar-refractivity contribution in [3.05, 3.63) is 59.2 Å². The maximum absolute atomic E-state index is 12.7. The van der Waals surface area contributed by atoms with Crippen molar-refractivity contribution in [2.45, 2.75) is 32.0 Å². The molecule has 8 heteroatoms. The second kappa shape index (κ2) is 8.96. The molecule has 0 unspecified atom stereocenters. The number of benzene rings is 2. The first-order valence-electron chi connectivity index (χ1n) is 9.61. The van der Waals surface area contributed by atoms with Crippen molar-refractivity contribution < 1.29 is 23.9 Å². The van der Waals surface area contributed by atoms with Crippen LogP contribution in [0.5, 0.6) is 11.5 Å². The van der Waals surface area contributed by atoms with Crippen molar-refractivity contribution in [1.29, 1.82) is 0 Å². The quantitative estimate of drug-likeness (QED) is 0.431. The highest BCUT2D eigenvalue weighted by Crippen LogP contribution is 2.27. The predicted octanol–water partition coefficient (Wildman–Crippen LogP) is 2.12.